The lowest BCUT2D eigenvalue weighted by molar-refractivity contribution is -0.197. The maximum atomic E-state index is 12.8. The van der Waals surface area contributed by atoms with Crippen LogP contribution >= 0.6 is 0 Å². The minimum atomic E-state index is -0.713. The third-order valence-electron chi connectivity index (χ3n) is 8.23. The summed E-state index contributed by atoms with van der Waals surface area (Å²) < 4.78 is 21.2. The molecular weight excluding hydrogens is 486 g/mol. The number of imidazole rings is 1. The molecule has 4 aliphatic heterocycles. The summed E-state index contributed by atoms with van der Waals surface area (Å²) in [4.78, 5) is 28.6. The van der Waals surface area contributed by atoms with Crippen LogP contribution in [0.1, 0.15) is 49.7 Å². The highest BCUT2D eigenvalue weighted by Crippen LogP contribution is 2.44. The monoisotopic (exact) mass is 519 g/mol. The number of nitrogens with zero attached hydrogens (tertiary/aromatic N) is 5. The van der Waals surface area contributed by atoms with Gasteiger partial charge < -0.3 is 24.8 Å². The van der Waals surface area contributed by atoms with Crippen molar-refractivity contribution in [1.82, 2.24) is 29.7 Å². The van der Waals surface area contributed by atoms with Gasteiger partial charge in [0, 0.05) is 30.7 Å². The summed E-state index contributed by atoms with van der Waals surface area (Å²) in [7, 11) is 0. The highest BCUT2D eigenvalue weighted by molar-refractivity contribution is 6.06. The number of benzene rings is 1. The Balaban J connectivity index is 1.14. The van der Waals surface area contributed by atoms with Gasteiger partial charge in [0.1, 0.15) is 24.6 Å². The van der Waals surface area contributed by atoms with Gasteiger partial charge in [0.25, 0.3) is 5.91 Å². The lowest BCUT2D eigenvalue weighted by Crippen LogP contribution is -2.45. The zero-order valence-corrected chi connectivity index (χ0v) is 21.7. The molecule has 4 saturated heterocycles. The van der Waals surface area contributed by atoms with Crippen LogP contribution in [0.2, 0.25) is 0 Å². The third-order valence-corrected chi connectivity index (χ3v) is 8.23. The van der Waals surface area contributed by atoms with E-state index in [9.17, 15) is 4.79 Å². The quantitative estimate of drug-likeness (QED) is 0.524. The summed E-state index contributed by atoms with van der Waals surface area (Å²) in [6.45, 7) is 7.85. The predicted molar refractivity (Wildman–Crippen MR) is 138 cm³/mol. The van der Waals surface area contributed by atoms with E-state index in [0.29, 0.717) is 22.5 Å². The number of fused-ring (bicyclic) bond motifs is 2. The number of anilines is 1. The third kappa shape index (κ3) is 4.18. The first-order chi connectivity index (χ1) is 18.4. The van der Waals surface area contributed by atoms with Crippen LogP contribution in [0, 0.1) is 0 Å². The van der Waals surface area contributed by atoms with Gasteiger partial charge in [-0.2, -0.15) is 0 Å². The van der Waals surface area contributed by atoms with Crippen molar-refractivity contribution in [1.29, 1.82) is 0 Å². The highest BCUT2D eigenvalue weighted by Gasteiger charge is 2.57. The number of hydrogen-bond donors (Lipinski definition) is 2. The van der Waals surface area contributed by atoms with E-state index in [4.69, 9.17) is 14.2 Å². The molecule has 11 heteroatoms. The molecule has 3 aromatic rings. The fourth-order valence-electron chi connectivity index (χ4n) is 6.51. The number of carbonyl (C=O) groups is 1. The molecule has 1 amide bonds. The average molecular weight is 520 g/mol. The Morgan fingerprint density at radius 3 is 2.79 bits per heavy atom. The summed E-state index contributed by atoms with van der Waals surface area (Å²) in [5, 5.41) is 6.60. The number of nitrogens with one attached hydrogen (secondary N) is 2. The Morgan fingerprint density at radius 1 is 1.13 bits per heavy atom. The first-order valence-electron chi connectivity index (χ1n) is 13.4. The Morgan fingerprint density at radius 2 is 1.97 bits per heavy atom. The van der Waals surface area contributed by atoms with Gasteiger partial charge in [-0.1, -0.05) is 18.2 Å². The number of hydrogen-bond acceptors (Lipinski definition) is 9. The van der Waals surface area contributed by atoms with Crippen LogP contribution < -0.4 is 10.6 Å². The zero-order valence-electron chi connectivity index (χ0n) is 21.7. The summed E-state index contributed by atoms with van der Waals surface area (Å²) >= 11 is 0. The SMILES string of the molecule is CC1(C)O[C@@H]2[C@@H](CN3CCC4(CCCN4)C3)OC(n3cnc4c(NC(=O)c5ccccc5)ncnc43)[C@@H]2O1. The molecule has 4 fully saturated rings. The van der Waals surface area contributed by atoms with Crippen molar-refractivity contribution in [3.63, 3.8) is 0 Å². The Bertz CT molecular complexity index is 1340. The Labute approximate surface area is 220 Å². The molecule has 4 aliphatic rings. The molecule has 2 unspecified atom stereocenters. The molecule has 6 heterocycles. The van der Waals surface area contributed by atoms with Crippen molar-refractivity contribution in [3.8, 4) is 0 Å². The van der Waals surface area contributed by atoms with Crippen molar-refractivity contribution in [3.05, 3.63) is 48.5 Å². The second-order valence-corrected chi connectivity index (χ2v) is 11.3. The molecule has 5 atom stereocenters. The molecule has 2 N–H and O–H groups in total. The molecule has 7 rings (SSSR count). The van der Waals surface area contributed by atoms with E-state index in [1.165, 1.54) is 25.6 Å². The van der Waals surface area contributed by atoms with E-state index in [2.05, 4.69) is 30.5 Å². The number of aromatic nitrogens is 4. The highest BCUT2D eigenvalue weighted by atomic mass is 16.8. The molecule has 200 valence electrons. The number of likely N-dealkylation sites (tertiary alicyclic amines) is 1. The van der Waals surface area contributed by atoms with Gasteiger partial charge >= 0.3 is 0 Å². The topological polar surface area (TPSA) is 116 Å². The summed E-state index contributed by atoms with van der Waals surface area (Å²) in [6, 6.07) is 9.01. The second-order valence-electron chi connectivity index (χ2n) is 11.3. The molecule has 1 spiro atoms. The van der Waals surface area contributed by atoms with E-state index >= 15 is 0 Å². The van der Waals surface area contributed by atoms with Crippen molar-refractivity contribution in [2.75, 3.05) is 31.5 Å². The molecule has 11 nitrogen and oxygen atoms in total. The largest absolute Gasteiger partial charge is 0.348 e. The number of amides is 1. The lowest BCUT2D eigenvalue weighted by Gasteiger charge is -2.28. The van der Waals surface area contributed by atoms with Gasteiger partial charge in [-0.3, -0.25) is 14.3 Å². The van der Waals surface area contributed by atoms with Crippen LogP contribution in [0.4, 0.5) is 5.82 Å². The molecule has 1 aromatic carbocycles. The van der Waals surface area contributed by atoms with E-state index in [0.717, 1.165) is 26.2 Å². The maximum absolute atomic E-state index is 12.8. The molecule has 2 aromatic heterocycles. The summed E-state index contributed by atoms with van der Waals surface area (Å²) in [5.74, 6) is -0.620. The smallest absolute Gasteiger partial charge is 0.256 e. The van der Waals surface area contributed by atoms with E-state index in [1.54, 1.807) is 18.5 Å². The van der Waals surface area contributed by atoms with Crippen molar-refractivity contribution in [2.45, 2.75) is 69.0 Å². The first kappa shape index (κ1) is 24.1. The molecule has 38 heavy (non-hydrogen) atoms. The minimum Gasteiger partial charge on any atom is -0.348 e. The van der Waals surface area contributed by atoms with Crippen LogP contribution in [-0.2, 0) is 14.2 Å². The second kappa shape index (κ2) is 9.06. The number of rotatable bonds is 5. The summed E-state index contributed by atoms with van der Waals surface area (Å²) in [5.41, 5.74) is 1.85. The lowest BCUT2D eigenvalue weighted by atomic mass is 9.97. The van der Waals surface area contributed by atoms with Gasteiger partial charge in [-0.15, -0.1) is 0 Å². The van der Waals surface area contributed by atoms with Crippen LogP contribution in [0.3, 0.4) is 0 Å². The molecular formula is C27H33N7O4. The van der Waals surface area contributed by atoms with E-state index < -0.39 is 12.0 Å². The Kier molecular flexibility index (Phi) is 5.75. The molecule has 0 bridgehead atoms. The minimum absolute atomic E-state index is 0.153. The van der Waals surface area contributed by atoms with E-state index in [1.807, 2.05) is 36.6 Å². The van der Waals surface area contributed by atoms with Crippen LogP contribution in [-0.4, -0.2) is 86.1 Å². The average Bonchev–Trinajstić information content (AvgIpc) is 3.72. The number of ether oxygens (including phenoxy) is 3. The normalized spacial score (nSPS) is 32.4. The number of carbonyl (C=O) groups excluding carboxylic acids is 1. The van der Waals surface area contributed by atoms with Crippen LogP contribution in [0.15, 0.2) is 43.0 Å². The van der Waals surface area contributed by atoms with Gasteiger partial charge in [-0.05, 0) is 51.8 Å². The Hall–Kier alpha value is -2.96. The fraction of sp³-hybridized carbons (Fsp3) is 0.556. The predicted octanol–water partition coefficient (Wildman–Crippen LogP) is 2.32. The fourth-order valence-corrected chi connectivity index (χ4v) is 6.51. The molecule has 0 saturated carbocycles. The summed E-state index contributed by atoms with van der Waals surface area (Å²) in [6.07, 6.45) is 5.62. The van der Waals surface area contributed by atoms with Crippen molar-refractivity contribution >= 4 is 22.9 Å². The van der Waals surface area contributed by atoms with Gasteiger partial charge in [0.05, 0.1) is 6.33 Å². The van der Waals surface area contributed by atoms with Crippen molar-refractivity contribution < 1.29 is 19.0 Å². The first-order valence-corrected chi connectivity index (χ1v) is 13.4. The standard InChI is InChI=1S/C27H33N7O4/c1-26(2)37-20-18(13-33-12-10-27(14-33)9-6-11-31-27)36-25(21(20)38-26)34-16-30-19-22(28-15-29-23(19)34)32-24(35)17-7-4-3-5-8-17/h3-5,7-8,15-16,18,20-21,25,31H,6,9-14H2,1-2H3,(H,28,29,32,35)/t18-,20-,21-,25?,27?/m1/s1. The van der Waals surface area contributed by atoms with E-state index in [-0.39, 0.29) is 29.8 Å². The van der Waals surface area contributed by atoms with Gasteiger partial charge in [0.2, 0.25) is 0 Å². The van der Waals surface area contributed by atoms with Crippen molar-refractivity contribution in [2.24, 2.45) is 0 Å². The molecule has 0 radical (unpaired) electrons. The van der Waals surface area contributed by atoms with Gasteiger partial charge in [-0.25, -0.2) is 15.0 Å². The molecule has 0 aliphatic carbocycles. The van der Waals surface area contributed by atoms with Crippen LogP contribution in [0.25, 0.3) is 11.2 Å². The zero-order chi connectivity index (χ0) is 25.9. The van der Waals surface area contributed by atoms with Crippen LogP contribution in [0.5, 0.6) is 0 Å². The van der Waals surface area contributed by atoms with Gasteiger partial charge in [0.15, 0.2) is 29.0 Å². The maximum Gasteiger partial charge on any atom is 0.256 e.